The van der Waals surface area contributed by atoms with Gasteiger partial charge in [0.05, 0.1) is 7.11 Å². The maximum atomic E-state index is 14.4. The van der Waals surface area contributed by atoms with Gasteiger partial charge in [-0.1, -0.05) is 32.3 Å². The number of hydrogen-bond acceptors (Lipinski definition) is 3. The van der Waals surface area contributed by atoms with E-state index >= 15 is 0 Å². The molecule has 0 amide bonds. The van der Waals surface area contributed by atoms with Crippen LogP contribution in [0.25, 0.3) is 0 Å². The van der Waals surface area contributed by atoms with Crippen LogP contribution in [0.5, 0.6) is 5.75 Å². The first-order valence-corrected chi connectivity index (χ1v) is 8.05. The molecule has 2 rings (SSSR count). The fourth-order valence-corrected chi connectivity index (χ4v) is 3.11. The normalized spacial score (nSPS) is 16.1. The second-order valence-electron chi connectivity index (χ2n) is 5.65. The fraction of sp³-hybridized carbons (Fsp3) is 0.647. The van der Waals surface area contributed by atoms with Crippen molar-refractivity contribution in [2.24, 2.45) is 0 Å². The molecule has 1 N–H and O–H groups in total. The van der Waals surface area contributed by atoms with E-state index in [4.69, 9.17) is 4.74 Å². The molecular formula is C17H29Cl2FN2O. The van der Waals surface area contributed by atoms with Crippen LogP contribution in [-0.4, -0.2) is 38.2 Å². The maximum Gasteiger partial charge on any atom is 0.131 e. The van der Waals surface area contributed by atoms with Crippen molar-refractivity contribution in [1.82, 2.24) is 10.2 Å². The Hall–Kier alpha value is -0.550. The Labute approximate surface area is 151 Å². The number of hydrogen-bond donors (Lipinski definition) is 1. The molecule has 0 unspecified atom stereocenters. The molecule has 1 saturated heterocycles. The standard InChI is InChI=1S/C17H27FN2O.2ClH/c1-3-4-5-8-15(20-12-10-19-11-13-20)17-14(18)7-6-9-16(17)21-2;;/h6-7,9,15,19H,3-5,8,10-13H2,1-2H3;2*1H/t15-;;/m0../s1. The highest BCUT2D eigenvalue weighted by Gasteiger charge is 2.27. The van der Waals surface area contributed by atoms with Crippen molar-refractivity contribution in [3.05, 3.63) is 29.6 Å². The van der Waals surface area contributed by atoms with Crippen LogP contribution in [0.2, 0.25) is 0 Å². The quantitative estimate of drug-likeness (QED) is 0.731. The van der Waals surface area contributed by atoms with E-state index < -0.39 is 0 Å². The molecular weight excluding hydrogens is 338 g/mol. The van der Waals surface area contributed by atoms with Gasteiger partial charge in [-0.2, -0.15) is 0 Å². The van der Waals surface area contributed by atoms with Crippen molar-refractivity contribution >= 4 is 24.8 Å². The predicted molar refractivity (Wildman–Crippen MR) is 98.8 cm³/mol. The van der Waals surface area contributed by atoms with Crippen molar-refractivity contribution in [2.75, 3.05) is 33.3 Å². The van der Waals surface area contributed by atoms with Crippen LogP contribution in [-0.2, 0) is 0 Å². The van der Waals surface area contributed by atoms with Crippen LogP contribution in [0.4, 0.5) is 4.39 Å². The summed E-state index contributed by atoms with van der Waals surface area (Å²) in [6.07, 6.45) is 4.50. The van der Waals surface area contributed by atoms with Gasteiger partial charge >= 0.3 is 0 Å². The largest absolute Gasteiger partial charge is 0.496 e. The number of methoxy groups -OCH3 is 1. The predicted octanol–water partition coefficient (Wildman–Crippen LogP) is 4.20. The number of piperazine rings is 1. The van der Waals surface area contributed by atoms with E-state index in [1.807, 2.05) is 6.07 Å². The number of ether oxygens (including phenoxy) is 1. The summed E-state index contributed by atoms with van der Waals surface area (Å²) in [7, 11) is 1.62. The first-order valence-electron chi connectivity index (χ1n) is 8.05. The summed E-state index contributed by atoms with van der Waals surface area (Å²) < 4.78 is 19.9. The molecule has 0 spiro atoms. The Balaban J connectivity index is 0.00000242. The van der Waals surface area contributed by atoms with E-state index in [-0.39, 0.29) is 36.7 Å². The number of nitrogens with one attached hydrogen (secondary N) is 1. The van der Waals surface area contributed by atoms with Gasteiger partial charge in [0, 0.05) is 37.8 Å². The molecule has 23 heavy (non-hydrogen) atoms. The van der Waals surface area contributed by atoms with Gasteiger partial charge in [0.25, 0.3) is 0 Å². The lowest BCUT2D eigenvalue weighted by molar-refractivity contribution is 0.156. The van der Waals surface area contributed by atoms with Gasteiger partial charge in [-0.05, 0) is 18.6 Å². The topological polar surface area (TPSA) is 24.5 Å². The minimum absolute atomic E-state index is 0. The highest BCUT2D eigenvalue weighted by atomic mass is 35.5. The third kappa shape index (κ3) is 6.11. The molecule has 1 heterocycles. The van der Waals surface area contributed by atoms with E-state index in [0.717, 1.165) is 44.6 Å². The highest BCUT2D eigenvalue weighted by Crippen LogP contribution is 2.35. The number of halogens is 3. The lowest BCUT2D eigenvalue weighted by Crippen LogP contribution is -2.45. The van der Waals surface area contributed by atoms with Gasteiger partial charge in [-0.3, -0.25) is 4.90 Å². The summed E-state index contributed by atoms with van der Waals surface area (Å²) in [6.45, 7) is 6.08. The van der Waals surface area contributed by atoms with Gasteiger partial charge in [0.15, 0.2) is 0 Å². The van der Waals surface area contributed by atoms with Gasteiger partial charge in [0.2, 0.25) is 0 Å². The average Bonchev–Trinajstić information content (AvgIpc) is 2.53. The van der Waals surface area contributed by atoms with E-state index in [2.05, 4.69) is 17.1 Å². The number of nitrogens with zero attached hydrogens (tertiary/aromatic N) is 1. The first-order chi connectivity index (χ1) is 10.3. The Morgan fingerprint density at radius 1 is 1.22 bits per heavy atom. The fourth-order valence-electron chi connectivity index (χ4n) is 3.11. The Kier molecular flexibility index (Phi) is 11.6. The van der Waals surface area contributed by atoms with Crippen LogP contribution in [0, 0.1) is 5.82 Å². The van der Waals surface area contributed by atoms with Gasteiger partial charge in [-0.15, -0.1) is 24.8 Å². The van der Waals surface area contributed by atoms with Crippen LogP contribution >= 0.6 is 24.8 Å². The average molecular weight is 367 g/mol. The number of benzene rings is 1. The van der Waals surface area contributed by atoms with Gasteiger partial charge in [0.1, 0.15) is 11.6 Å². The SMILES string of the molecule is CCCCC[C@@H](c1c(F)cccc1OC)N1CCNCC1.Cl.Cl. The summed E-state index contributed by atoms with van der Waals surface area (Å²) in [5.74, 6) is 0.532. The smallest absolute Gasteiger partial charge is 0.131 e. The second-order valence-corrected chi connectivity index (χ2v) is 5.65. The molecule has 0 saturated carbocycles. The van der Waals surface area contributed by atoms with E-state index in [9.17, 15) is 4.39 Å². The van der Waals surface area contributed by atoms with Crippen LogP contribution in [0.1, 0.15) is 44.2 Å². The molecule has 0 bridgehead atoms. The molecule has 1 aromatic carbocycles. The zero-order valence-corrected chi connectivity index (χ0v) is 15.6. The highest BCUT2D eigenvalue weighted by molar-refractivity contribution is 5.85. The zero-order chi connectivity index (χ0) is 15.1. The molecule has 0 aromatic heterocycles. The van der Waals surface area contributed by atoms with Crippen molar-refractivity contribution in [3.8, 4) is 5.75 Å². The summed E-state index contributed by atoms with van der Waals surface area (Å²) in [4.78, 5) is 2.40. The summed E-state index contributed by atoms with van der Waals surface area (Å²) in [6, 6.07) is 5.26. The maximum absolute atomic E-state index is 14.4. The molecule has 0 radical (unpaired) electrons. The molecule has 1 aromatic rings. The van der Waals surface area contributed by atoms with Gasteiger partial charge < -0.3 is 10.1 Å². The Morgan fingerprint density at radius 2 is 1.91 bits per heavy atom. The molecule has 134 valence electrons. The van der Waals surface area contributed by atoms with Crippen molar-refractivity contribution < 1.29 is 9.13 Å². The van der Waals surface area contributed by atoms with Gasteiger partial charge in [-0.25, -0.2) is 4.39 Å². The lowest BCUT2D eigenvalue weighted by atomic mass is 9.96. The molecule has 6 heteroatoms. The summed E-state index contributed by atoms with van der Waals surface area (Å²) in [5, 5.41) is 3.36. The molecule has 0 aliphatic carbocycles. The van der Waals surface area contributed by atoms with Crippen molar-refractivity contribution in [1.29, 1.82) is 0 Å². The Bertz CT molecular complexity index is 443. The summed E-state index contributed by atoms with van der Waals surface area (Å²) in [5.41, 5.74) is 0.734. The minimum atomic E-state index is -0.144. The van der Waals surface area contributed by atoms with Crippen LogP contribution in [0.3, 0.4) is 0 Å². The third-order valence-electron chi connectivity index (χ3n) is 4.24. The van der Waals surface area contributed by atoms with E-state index in [0.29, 0.717) is 5.75 Å². The van der Waals surface area contributed by atoms with Crippen LogP contribution in [0.15, 0.2) is 18.2 Å². The second kappa shape index (κ2) is 11.9. The monoisotopic (exact) mass is 366 g/mol. The Morgan fingerprint density at radius 3 is 2.52 bits per heavy atom. The lowest BCUT2D eigenvalue weighted by Gasteiger charge is -2.36. The van der Waals surface area contributed by atoms with Crippen LogP contribution < -0.4 is 10.1 Å². The molecule has 1 aliphatic heterocycles. The van der Waals surface area contributed by atoms with E-state index in [1.165, 1.54) is 12.8 Å². The molecule has 1 aliphatic rings. The number of unbranched alkanes of at least 4 members (excludes halogenated alkanes) is 2. The van der Waals surface area contributed by atoms with Crippen molar-refractivity contribution in [2.45, 2.75) is 38.6 Å². The van der Waals surface area contributed by atoms with E-state index in [1.54, 1.807) is 19.2 Å². The first kappa shape index (κ1) is 22.4. The third-order valence-corrected chi connectivity index (χ3v) is 4.24. The minimum Gasteiger partial charge on any atom is -0.496 e. The number of rotatable bonds is 7. The zero-order valence-electron chi connectivity index (χ0n) is 14.0. The molecule has 1 atom stereocenters. The van der Waals surface area contributed by atoms with Crippen molar-refractivity contribution in [3.63, 3.8) is 0 Å². The molecule has 1 fully saturated rings. The summed E-state index contributed by atoms with van der Waals surface area (Å²) >= 11 is 0. The molecule has 3 nitrogen and oxygen atoms in total.